The molecule has 1 aromatic heterocycles. The van der Waals surface area contributed by atoms with E-state index in [-0.39, 0.29) is 18.2 Å². The van der Waals surface area contributed by atoms with Crippen LogP contribution in [0.4, 0.5) is 10.1 Å². The van der Waals surface area contributed by atoms with E-state index < -0.39 is 5.82 Å². The number of tetrazole rings is 1. The Kier molecular flexibility index (Phi) is 5.03. The number of ether oxygens (including phenoxy) is 1. The minimum Gasteiger partial charge on any atom is -0.484 e. The van der Waals surface area contributed by atoms with E-state index in [0.29, 0.717) is 17.3 Å². The molecule has 3 rings (SSSR count). The van der Waals surface area contributed by atoms with Crippen molar-refractivity contribution in [1.82, 2.24) is 20.2 Å². The molecule has 0 saturated heterocycles. The first kappa shape index (κ1) is 17.0. The van der Waals surface area contributed by atoms with E-state index in [1.807, 2.05) is 12.1 Å². The lowest BCUT2D eigenvalue weighted by atomic mass is 10.2. The summed E-state index contributed by atoms with van der Waals surface area (Å²) in [5.74, 6) is 0.136. The van der Waals surface area contributed by atoms with Gasteiger partial charge in [-0.2, -0.15) is 4.68 Å². The molecule has 0 fully saturated rings. The third kappa shape index (κ3) is 4.18. The molecule has 1 amide bonds. The number of nitrogens with zero attached hydrogens (tertiary/aromatic N) is 4. The number of amides is 1. The van der Waals surface area contributed by atoms with Gasteiger partial charge in [-0.15, -0.1) is 5.10 Å². The van der Waals surface area contributed by atoms with Gasteiger partial charge >= 0.3 is 0 Å². The van der Waals surface area contributed by atoms with Crippen molar-refractivity contribution in [2.45, 2.75) is 6.92 Å². The molecule has 0 unspecified atom stereocenters. The summed E-state index contributed by atoms with van der Waals surface area (Å²) in [7, 11) is 0. The van der Waals surface area contributed by atoms with Crippen LogP contribution in [0.25, 0.3) is 5.69 Å². The molecule has 0 saturated carbocycles. The van der Waals surface area contributed by atoms with Crippen LogP contribution in [0.5, 0.6) is 5.75 Å². The standard InChI is InChI=1S/C16H13BrFN5O2/c1-10-20-21-22-23(10)15-8-12(4-7-14(15)18)19-16(24)9-25-13-5-2-11(17)3-6-13/h2-8H,9H2,1H3,(H,19,24). The molecule has 9 heteroatoms. The lowest BCUT2D eigenvalue weighted by molar-refractivity contribution is -0.118. The van der Waals surface area contributed by atoms with E-state index in [4.69, 9.17) is 4.74 Å². The number of halogens is 2. The van der Waals surface area contributed by atoms with Crippen LogP contribution >= 0.6 is 15.9 Å². The van der Waals surface area contributed by atoms with Crippen molar-refractivity contribution in [3.63, 3.8) is 0 Å². The highest BCUT2D eigenvalue weighted by atomic mass is 79.9. The number of aryl methyl sites for hydroxylation is 1. The molecule has 2 aromatic carbocycles. The number of aromatic nitrogens is 4. The normalized spacial score (nSPS) is 10.5. The van der Waals surface area contributed by atoms with Gasteiger partial charge in [-0.3, -0.25) is 4.79 Å². The molecule has 0 bridgehead atoms. The third-order valence-electron chi connectivity index (χ3n) is 3.27. The molecule has 0 aliphatic heterocycles. The van der Waals surface area contributed by atoms with E-state index in [2.05, 4.69) is 36.8 Å². The predicted octanol–water partition coefficient (Wildman–Crippen LogP) is 2.89. The fraction of sp³-hybridized carbons (Fsp3) is 0.125. The van der Waals surface area contributed by atoms with Gasteiger partial charge in [0.2, 0.25) is 0 Å². The van der Waals surface area contributed by atoms with E-state index >= 15 is 0 Å². The van der Waals surface area contributed by atoms with Crippen LogP contribution in [0, 0.1) is 12.7 Å². The van der Waals surface area contributed by atoms with Crippen molar-refractivity contribution in [1.29, 1.82) is 0 Å². The van der Waals surface area contributed by atoms with Crippen LogP contribution in [0.15, 0.2) is 46.9 Å². The number of carbonyl (C=O) groups excluding carboxylic acids is 1. The van der Waals surface area contributed by atoms with Gasteiger partial charge in [0, 0.05) is 10.2 Å². The van der Waals surface area contributed by atoms with E-state index in [9.17, 15) is 9.18 Å². The van der Waals surface area contributed by atoms with Gasteiger partial charge in [-0.25, -0.2) is 4.39 Å². The van der Waals surface area contributed by atoms with Crippen molar-refractivity contribution in [2.24, 2.45) is 0 Å². The molecule has 128 valence electrons. The summed E-state index contributed by atoms with van der Waals surface area (Å²) in [5, 5.41) is 13.6. The number of carbonyl (C=O) groups is 1. The number of nitrogens with one attached hydrogen (secondary N) is 1. The number of hydrogen-bond acceptors (Lipinski definition) is 5. The molecule has 25 heavy (non-hydrogen) atoms. The average molecular weight is 406 g/mol. The maximum absolute atomic E-state index is 14.0. The van der Waals surface area contributed by atoms with Gasteiger partial charge in [-0.05, 0) is 59.8 Å². The zero-order valence-electron chi connectivity index (χ0n) is 13.1. The monoisotopic (exact) mass is 405 g/mol. The largest absolute Gasteiger partial charge is 0.484 e. The smallest absolute Gasteiger partial charge is 0.262 e. The Hall–Kier alpha value is -2.81. The molecule has 0 spiro atoms. The first-order chi connectivity index (χ1) is 12.0. The molecule has 1 N–H and O–H groups in total. The summed E-state index contributed by atoms with van der Waals surface area (Å²) in [6.45, 7) is 1.48. The Bertz CT molecular complexity index is 898. The highest BCUT2D eigenvalue weighted by Gasteiger charge is 2.12. The Morgan fingerprint density at radius 2 is 2.04 bits per heavy atom. The van der Waals surface area contributed by atoms with Crippen molar-refractivity contribution in [3.05, 3.63) is 58.6 Å². The van der Waals surface area contributed by atoms with Gasteiger partial charge in [0.15, 0.2) is 12.4 Å². The first-order valence-electron chi connectivity index (χ1n) is 7.26. The molecule has 1 heterocycles. The van der Waals surface area contributed by atoms with E-state index in [1.54, 1.807) is 19.1 Å². The Balaban J connectivity index is 1.67. The summed E-state index contributed by atoms with van der Waals surface area (Å²) in [6.07, 6.45) is 0. The summed E-state index contributed by atoms with van der Waals surface area (Å²) in [6, 6.07) is 11.3. The maximum atomic E-state index is 14.0. The minimum atomic E-state index is -0.500. The van der Waals surface area contributed by atoms with Gasteiger partial charge < -0.3 is 10.1 Å². The summed E-state index contributed by atoms with van der Waals surface area (Å²) in [5.41, 5.74) is 0.560. The second-order valence-electron chi connectivity index (χ2n) is 5.09. The zero-order valence-corrected chi connectivity index (χ0v) is 14.7. The quantitative estimate of drug-likeness (QED) is 0.705. The summed E-state index contributed by atoms with van der Waals surface area (Å²) >= 11 is 3.32. The molecule has 7 nitrogen and oxygen atoms in total. The molecule has 0 radical (unpaired) electrons. The van der Waals surface area contributed by atoms with Crippen LogP contribution in [0.3, 0.4) is 0 Å². The predicted molar refractivity (Wildman–Crippen MR) is 92.1 cm³/mol. The minimum absolute atomic E-state index is 0.147. The highest BCUT2D eigenvalue weighted by Crippen LogP contribution is 2.19. The number of rotatable bonds is 5. The van der Waals surface area contributed by atoms with Crippen LogP contribution in [0.1, 0.15) is 5.82 Å². The molecular weight excluding hydrogens is 393 g/mol. The van der Waals surface area contributed by atoms with Crippen molar-refractivity contribution < 1.29 is 13.9 Å². The average Bonchev–Trinajstić information content (AvgIpc) is 3.02. The fourth-order valence-corrected chi connectivity index (χ4v) is 2.35. The van der Waals surface area contributed by atoms with Gasteiger partial charge in [0.05, 0.1) is 0 Å². The van der Waals surface area contributed by atoms with Crippen molar-refractivity contribution in [3.8, 4) is 11.4 Å². The Morgan fingerprint density at radius 3 is 2.72 bits per heavy atom. The Morgan fingerprint density at radius 1 is 1.28 bits per heavy atom. The molecule has 0 aliphatic carbocycles. The van der Waals surface area contributed by atoms with E-state index in [1.165, 1.54) is 22.9 Å². The maximum Gasteiger partial charge on any atom is 0.262 e. The van der Waals surface area contributed by atoms with Crippen LogP contribution < -0.4 is 10.1 Å². The number of anilines is 1. The SMILES string of the molecule is Cc1nnnn1-c1cc(NC(=O)COc2ccc(Br)cc2)ccc1F. The Labute approximate surface area is 150 Å². The third-order valence-corrected chi connectivity index (χ3v) is 3.80. The van der Waals surface area contributed by atoms with Gasteiger partial charge in [0.25, 0.3) is 5.91 Å². The highest BCUT2D eigenvalue weighted by molar-refractivity contribution is 9.10. The lowest BCUT2D eigenvalue weighted by Crippen LogP contribution is -2.20. The lowest BCUT2D eigenvalue weighted by Gasteiger charge is -2.10. The van der Waals surface area contributed by atoms with Gasteiger partial charge in [-0.1, -0.05) is 15.9 Å². The second kappa shape index (κ2) is 7.39. The van der Waals surface area contributed by atoms with Crippen LogP contribution in [-0.2, 0) is 4.79 Å². The number of benzene rings is 2. The van der Waals surface area contributed by atoms with E-state index in [0.717, 1.165) is 4.47 Å². The van der Waals surface area contributed by atoms with Crippen molar-refractivity contribution in [2.75, 3.05) is 11.9 Å². The molecular formula is C16H13BrFN5O2. The fourth-order valence-electron chi connectivity index (χ4n) is 2.08. The van der Waals surface area contributed by atoms with Crippen molar-refractivity contribution >= 4 is 27.5 Å². The van der Waals surface area contributed by atoms with Crippen LogP contribution in [0.2, 0.25) is 0 Å². The molecule has 0 aliphatic rings. The summed E-state index contributed by atoms with van der Waals surface area (Å²) in [4.78, 5) is 12.0. The first-order valence-corrected chi connectivity index (χ1v) is 8.05. The van der Waals surface area contributed by atoms with Crippen LogP contribution in [-0.4, -0.2) is 32.7 Å². The summed E-state index contributed by atoms with van der Waals surface area (Å²) < 4.78 is 21.6. The second-order valence-corrected chi connectivity index (χ2v) is 6.01. The molecule has 3 aromatic rings. The number of hydrogen-bond donors (Lipinski definition) is 1. The zero-order chi connectivity index (χ0) is 17.8. The topological polar surface area (TPSA) is 81.9 Å². The molecule has 0 atom stereocenters. The van der Waals surface area contributed by atoms with Gasteiger partial charge in [0.1, 0.15) is 17.3 Å².